The Morgan fingerprint density at radius 1 is 1.09 bits per heavy atom. The maximum absolute atomic E-state index is 12.8. The molecule has 1 atom stereocenters. The van der Waals surface area contributed by atoms with Crippen molar-refractivity contribution in [2.24, 2.45) is 5.92 Å². The van der Waals surface area contributed by atoms with Crippen LogP contribution in [0.5, 0.6) is 0 Å². The molecule has 1 aromatic heterocycles. The zero-order chi connectivity index (χ0) is 23.5. The van der Waals surface area contributed by atoms with E-state index in [-0.39, 0.29) is 18.2 Å². The van der Waals surface area contributed by atoms with Crippen molar-refractivity contribution < 1.29 is 9.59 Å². The van der Waals surface area contributed by atoms with Crippen LogP contribution in [0.15, 0.2) is 59.1 Å². The zero-order valence-corrected chi connectivity index (χ0v) is 20.3. The fraction of sp³-hybridized carbons (Fsp3) is 0.250. The third-order valence-electron chi connectivity index (χ3n) is 5.32. The highest BCUT2D eigenvalue weighted by molar-refractivity contribution is 9.10. The van der Waals surface area contributed by atoms with E-state index >= 15 is 0 Å². The first kappa shape index (κ1) is 22.7. The molecule has 4 rings (SSSR count). The van der Waals surface area contributed by atoms with Gasteiger partial charge in [-0.15, -0.1) is 0 Å². The second kappa shape index (κ2) is 9.58. The number of anilines is 5. The van der Waals surface area contributed by atoms with Gasteiger partial charge in [-0.1, -0.05) is 22.0 Å². The molecule has 1 aliphatic heterocycles. The number of aromatic nitrogens is 2. The average Bonchev–Trinajstić information content (AvgIpc) is 3.16. The van der Waals surface area contributed by atoms with Crippen LogP contribution in [0.4, 0.5) is 28.8 Å². The van der Waals surface area contributed by atoms with E-state index in [0.717, 1.165) is 27.4 Å². The Morgan fingerprint density at radius 3 is 2.52 bits per heavy atom. The van der Waals surface area contributed by atoms with Gasteiger partial charge in [-0.2, -0.15) is 4.98 Å². The number of benzene rings is 2. The van der Waals surface area contributed by atoms with Gasteiger partial charge in [0.25, 0.3) is 0 Å². The standard InChI is InChI=1S/C24H25BrN6O2/c1-15-11-21(30(2)3)29-24(26-15)28-19-9-7-18(8-10-19)27-23(33)16-12-22(32)31(14-16)20-6-4-5-17(25)13-20/h4-11,13,16H,12,14H2,1-3H3,(H,27,33)(H,26,28,29)/t16-/m0/s1. The molecule has 0 bridgehead atoms. The van der Waals surface area contributed by atoms with Crippen LogP contribution >= 0.6 is 15.9 Å². The van der Waals surface area contributed by atoms with E-state index in [1.807, 2.05) is 80.5 Å². The molecule has 2 amide bonds. The minimum absolute atomic E-state index is 0.0527. The summed E-state index contributed by atoms with van der Waals surface area (Å²) >= 11 is 3.42. The van der Waals surface area contributed by atoms with Crippen molar-refractivity contribution in [1.82, 2.24) is 9.97 Å². The number of hydrogen-bond donors (Lipinski definition) is 2. The molecule has 2 aromatic carbocycles. The Hall–Kier alpha value is -3.46. The van der Waals surface area contributed by atoms with Crippen molar-refractivity contribution >= 4 is 56.6 Å². The van der Waals surface area contributed by atoms with Gasteiger partial charge in [-0.05, 0) is 49.4 Å². The van der Waals surface area contributed by atoms with Gasteiger partial charge in [0.15, 0.2) is 0 Å². The first-order valence-electron chi connectivity index (χ1n) is 10.6. The second-order valence-electron chi connectivity index (χ2n) is 8.16. The van der Waals surface area contributed by atoms with Gasteiger partial charge in [0.2, 0.25) is 17.8 Å². The molecule has 8 nitrogen and oxygen atoms in total. The molecular weight excluding hydrogens is 484 g/mol. The van der Waals surface area contributed by atoms with E-state index in [4.69, 9.17) is 0 Å². The highest BCUT2D eigenvalue weighted by atomic mass is 79.9. The first-order chi connectivity index (χ1) is 15.8. The monoisotopic (exact) mass is 508 g/mol. The molecular formula is C24H25BrN6O2. The highest BCUT2D eigenvalue weighted by Gasteiger charge is 2.35. The predicted octanol–water partition coefficient (Wildman–Crippen LogP) is 4.35. The van der Waals surface area contributed by atoms with Crippen LogP contribution < -0.4 is 20.4 Å². The topological polar surface area (TPSA) is 90.5 Å². The summed E-state index contributed by atoms with van der Waals surface area (Å²) in [5.41, 5.74) is 3.12. The number of amides is 2. The van der Waals surface area contributed by atoms with Crippen molar-refractivity contribution in [1.29, 1.82) is 0 Å². The third-order valence-corrected chi connectivity index (χ3v) is 5.82. The number of nitrogens with zero attached hydrogens (tertiary/aromatic N) is 4. The molecule has 0 saturated carbocycles. The number of aryl methyl sites for hydroxylation is 1. The summed E-state index contributed by atoms with van der Waals surface area (Å²) in [7, 11) is 3.86. The summed E-state index contributed by atoms with van der Waals surface area (Å²) in [4.78, 5) is 37.7. The molecule has 1 aliphatic rings. The summed E-state index contributed by atoms with van der Waals surface area (Å²) in [5, 5.41) is 6.11. The number of carbonyl (C=O) groups is 2. The fourth-order valence-electron chi connectivity index (χ4n) is 3.62. The van der Waals surface area contributed by atoms with E-state index in [0.29, 0.717) is 18.2 Å². The van der Waals surface area contributed by atoms with Crippen LogP contribution in [-0.4, -0.2) is 42.4 Å². The lowest BCUT2D eigenvalue weighted by Crippen LogP contribution is -2.28. The molecule has 9 heteroatoms. The molecule has 0 aliphatic carbocycles. The molecule has 3 aromatic rings. The average molecular weight is 509 g/mol. The van der Waals surface area contributed by atoms with E-state index in [2.05, 4.69) is 36.5 Å². The molecule has 0 spiro atoms. The van der Waals surface area contributed by atoms with Gasteiger partial charge in [0.1, 0.15) is 5.82 Å². The lowest BCUT2D eigenvalue weighted by molar-refractivity contribution is -0.122. The maximum atomic E-state index is 12.8. The van der Waals surface area contributed by atoms with Gasteiger partial charge in [-0.25, -0.2) is 4.98 Å². The second-order valence-corrected chi connectivity index (χ2v) is 9.08. The lowest BCUT2D eigenvalue weighted by Gasteiger charge is -2.17. The number of rotatable bonds is 6. The van der Waals surface area contributed by atoms with Crippen molar-refractivity contribution in [2.75, 3.05) is 41.1 Å². The summed E-state index contributed by atoms with van der Waals surface area (Å²) in [6, 6.07) is 16.8. The third kappa shape index (κ3) is 5.48. The normalized spacial score (nSPS) is 15.5. The van der Waals surface area contributed by atoms with Gasteiger partial charge in [-0.3, -0.25) is 9.59 Å². The summed E-state index contributed by atoms with van der Waals surface area (Å²) < 4.78 is 0.892. The van der Waals surface area contributed by atoms with Crippen LogP contribution in [0, 0.1) is 12.8 Å². The SMILES string of the molecule is Cc1cc(N(C)C)nc(Nc2ccc(NC(=O)[C@H]3CC(=O)N(c4cccc(Br)c4)C3)cc2)n1. The molecule has 170 valence electrons. The molecule has 2 heterocycles. The summed E-state index contributed by atoms with van der Waals surface area (Å²) in [6.45, 7) is 2.28. The summed E-state index contributed by atoms with van der Waals surface area (Å²) in [6.07, 6.45) is 0.191. The molecule has 33 heavy (non-hydrogen) atoms. The van der Waals surface area contributed by atoms with Crippen molar-refractivity contribution in [2.45, 2.75) is 13.3 Å². The van der Waals surface area contributed by atoms with Crippen molar-refractivity contribution in [3.63, 3.8) is 0 Å². The Kier molecular flexibility index (Phi) is 6.60. The number of halogens is 1. The number of nitrogens with one attached hydrogen (secondary N) is 2. The van der Waals surface area contributed by atoms with Gasteiger partial charge >= 0.3 is 0 Å². The van der Waals surface area contributed by atoms with Crippen LogP contribution in [0.1, 0.15) is 12.1 Å². The van der Waals surface area contributed by atoms with Crippen LogP contribution in [-0.2, 0) is 9.59 Å². The maximum Gasteiger partial charge on any atom is 0.229 e. The smallest absolute Gasteiger partial charge is 0.229 e. The number of carbonyl (C=O) groups excluding carboxylic acids is 2. The minimum Gasteiger partial charge on any atom is -0.363 e. The minimum atomic E-state index is -0.403. The first-order valence-corrected chi connectivity index (χ1v) is 11.3. The number of hydrogen-bond acceptors (Lipinski definition) is 6. The molecule has 1 fully saturated rings. The molecule has 0 radical (unpaired) electrons. The lowest BCUT2D eigenvalue weighted by atomic mass is 10.1. The zero-order valence-electron chi connectivity index (χ0n) is 18.7. The Balaban J connectivity index is 1.38. The largest absolute Gasteiger partial charge is 0.363 e. The van der Waals surface area contributed by atoms with E-state index < -0.39 is 5.92 Å². The van der Waals surface area contributed by atoms with Crippen LogP contribution in [0.2, 0.25) is 0 Å². The van der Waals surface area contributed by atoms with Crippen LogP contribution in [0.3, 0.4) is 0 Å². The van der Waals surface area contributed by atoms with Gasteiger partial charge < -0.3 is 20.4 Å². The summed E-state index contributed by atoms with van der Waals surface area (Å²) in [5.74, 6) is 0.700. The molecule has 2 N–H and O–H groups in total. The van der Waals surface area contributed by atoms with Crippen molar-refractivity contribution in [3.8, 4) is 0 Å². The predicted molar refractivity (Wildman–Crippen MR) is 134 cm³/mol. The molecule has 1 saturated heterocycles. The van der Waals surface area contributed by atoms with E-state index in [1.54, 1.807) is 4.90 Å². The molecule has 0 unspecified atom stereocenters. The van der Waals surface area contributed by atoms with Gasteiger partial charge in [0.05, 0.1) is 5.92 Å². The van der Waals surface area contributed by atoms with Gasteiger partial charge in [0, 0.05) is 60.4 Å². The Bertz CT molecular complexity index is 1180. The van der Waals surface area contributed by atoms with Crippen molar-refractivity contribution in [3.05, 3.63) is 64.8 Å². The Labute approximate surface area is 201 Å². The van der Waals surface area contributed by atoms with E-state index in [9.17, 15) is 9.59 Å². The highest BCUT2D eigenvalue weighted by Crippen LogP contribution is 2.28. The quantitative estimate of drug-likeness (QED) is 0.514. The van der Waals surface area contributed by atoms with Crippen LogP contribution in [0.25, 0.3) is 0 Å². The van der Waals surface area contributed by atoms with E-state index in [1.165, 1.54) is 0 Å². The fourth-order valence-corrected chi connectivity index (χ4v) is 4.01. The Morgan fingerprint density at radius 2 is 1.82 bits per heavy atom.